The van der Waals surface area contributed by atoms with Gasteiger partial charge in [0.25, 0.3) is 0 Å². The smallest absolute Gasteiger partial charge is 0.241 e. The van der Waals surface area contributed by atoms with Crippen molar-refractivity contribution in [1.82, 2.24) is 5.32 Å². The van der Waals surface area contributed by atoms with Gasteiger partial charge in [-0.1, -0.05) is 17.8 Å². The van der Waals surface area contributed by atoms with Gasteiger partial charge in [0.05, 0.1) is 18.7 Å². The predicted octanol–water partition coefficient (Wildman–Crippen LogP) is 0.335. The Hall–Kier alpha value is -0.700. The van der Waals surface area contributed by atoms with Crippen LogP contribution in [0.1, 0.15) is 6.42 Å². The lowest BCUT2D eigenvalue weighted by atomic mass is 9.96. The van der Waals surface area contributed by atoms with Gasteiger partial charge in [0.2, 0.25) is 6.43 Å². The summed E-state index contributed by atoms with van der Waals surface area (Å²) in [7, 11) is 0. The summed E-state index contributed by atoms with van der Waals surface area (Å²) in [5.41, 5.74) is -0.522. The number of hydrogen-bond acceptors (Lipinski definition) is 5. The average Bonchev–Trinajstić information content (AvgIpc) is 2.75. The molecule has 2 saturated heterocycles. The van der Waals surface area contributed by atoms with E-state index < -0.39 is 42.6 Å². The fourth-order valence-electron chi connectivity index (χ4n) is 2.07. The van der Waals surface area contributed by atoms with Crippen LogP contribution < -0.4 is 5.32 Å². The van der Waals surface area contributed by atoms with Crippen LogP contribution in [-0.2, 0) is 4.74 Å². The first-order valence-electron chi connectivity index (χ1n) is 5.91. The highest BCUT2D eigenvalue weighted by atomic mass is 32.2. The first-order chi connectivity index (χ1) is 9.02. The second-order valence-corrected chi connectivity index (χ2v) is 5.46. The zero-order chi connectivity index (χ0) is 14.0. The van der Waals surface area contributed by atoms with E-state index in [0.717, 1.165) is 0 Å². The third-order valence-corrected chi connectivity index (χ3v) is 4.10. The number of aliphatic imine (C=N–C) groups is 1. The number of nitrogens with one attached hydrogen (secondary N) is 1. The Morgan fingerprint density at radius 2 is 2.21 bits per heavy atom. The van der Waals surface area contributed by atoms with Crippen LogP contribution >= 0.6 is 11.8 Å². The summed E-state index contributed by atoms with van der Waals surface area (Å²) in [6, 6.07) is -0.544. The van der Waals surface area contributed by atoms with Gasteiger partial charge in [-0.25, -0.2) is 8.78 Å². The molecule has 3 N–H and O–H groups in total. The highest BCUT2D eigenvalue weighted by molar-refractivity contribution is 8.14. The van der Waals surface area contributed by atoms with Crippen molar-refractivity contribution in [2.24, 2.45) is 4.99 Å². The molecule has 108 valence electrons. The lowest BCUT2D eigenvalue weighted by Crippen LogP contribution is -2.59. The number of rotatable bonds is 4. The van der Waals surface area contributed by atoms with E-state index >= 15 is 0 Å². The average molecular weight is 294 g/mol. The maximum absolute atomic E-state index is 12.4. The van der Waals surface area contributed by atoms with Crippen molar-refractivity contribution in [2.45, 2.75) is 42.6 Å². The Morgan fingerprint density at radius 1 is 1.47 bits per heavy atom. The molecule has 2 heterocycles. The maximum Gasteiger partial charge on any atom is 0.241 e. The molecule has 2 aliphatic heterocycles. The molecule has 5 atom stereocenters. The van der Waals surface area contributed by atoms with E-state index in [9.17, 15) is 19.0 Å². The largest absolute Gasteiger partial charge is 0.388 e. The summed E-state index contributed by atoms with van der Waals surface area (Å²) in [4.78, 5) is 4.14. The van der Waals surface area contributed by atoms with Crippen molar-refractivity contribution in [3.63, 3.8) is 0 Å². The molecule has 5 nitrogen and oxygen atoms in total. The van der Waals surface area contributed by atoms with Gasteiger partial charge < -0.3 is 20.3 Å². The van der Waals surface area contributed by atoms with Gasteiger partial charge >= 0.3 is 0 Å². The van der Waals surface area contributed by atoms with Gasteiger partial charge in [-0.05, 0) is 0 Å². The van der Waals surface area contributed by atoms with Crippen LogP contribution in [0.4, 0.5) is 8.78 Å². The summed E-state index contributed by atoms with van der Waals surface area (Å²) in [6.45, 7) is 3.95. The Morgan fingerprint density at radius 3 is 2.84 bits per heavy atom. The molecule has 19 heavy (non-hydrogen) atoms. The molecule has 0 radical (unpaired) electrons. The molecule has 0 aromatic rings. The first kappa shape index (κ1) is 14.7. The Bertz CT molecular complexity index is 370. The third kappa shape index (κ3) is 3.25. The van der Waals surface area contributed by atoms with Gasteiger partial charge in [-0.15, -0.1) is 6.58 Å². The SMILES string of the molecule is C=CCN=C1N[C@@H]2[C@@H](O)[C@H](O)[C@@H](CC(F)F)O[C@@H]2S1. The highest BCUT2D eigenvalue weighted by Crippen LogP contribution is 2.35. The minimum Gasteiger partial charge on any atom is -0.388 e. The monoisotopic (exact) mass is 294 g/mol. The van der Waals surface area contributed by atoms with Gasteiger partial charge in [-0.3, -0.25) is 4.99 Å². The van der Waals surface area contributed by atoms with Crippen molar-refractivity contribution in [3.05, 3.63) is 12.7 Å². The molecule has 0 saturated carbocycles. The maximum atomic E-state index is 12.4. The number of aliphatic hydroxyl groups excluding tert-OH is 2. The molecule has 0 amide bonds. The van der Waals surface area contributed by atoms with Crippen molar-refractivity contribution >= 4 is 16.9 Å². The summed E-state index contributed by atoms with van der Waals surface area (Å²) < 4.78 is 30.2. The fraction of sp³-hybridized carbons (Fsp3) is 0.727. The minimum absolute atomic E-state index is 0.411. The van der Waals surface area contributed by atoms with Crippen molar-refractivity contribution in [2.75, 3.05) is 6.54 Å². The Labute approximate surface area is 113 Å². The first-order valence-corrected chi connectivity index (χ1v) is 6.79. The van der Waals surface area contributed by atoms with Crippen molar-refractivity contribution in [3.8, 4) is 0 Å². The number of halogens is 2. The molecule has 2 rings (SSSR count). The standard InChI is InChI=1S/C11H16F2N2O3S/c1-2-3-14-11-15-7-9(17)8(16)5(4-6(12)13)18-10(7)19-11/h2,5-10,16-17H,1,3-4H2,(H,14,15)/t5-,7-,8-,9-,10-/m1/s1. The van der Waals surface area contributed by atoms with Gasteiger partial charge in [0, 0.05) is 6.42 Å². The summed E-state index contributed by atoms with van der Waals surface area (Å²) in [5, 5.41) is 23.2. The molecule has 0 bridgehead atoms. The Balaban J connectivity index is 2.04. The second-order valence-electron chi connectivity index (χ2n) is 4.37. The number of hydrogen-bond donors (Lipinski definition) is 3. The summed E-state index contributed by atoms with van der Waals surface area (Å²) >= 11 is 1.22. The van der Waals surface area contributed by atoms with Crippen LogP contribution in [0.2, 0.25) is 0 Å². The van der Waals surface area contributed by atoms with E-state index in [1.807, 2.05) is 0 Å². The van der Waals surface area contributed by atoms with E-state index in [2.05, 4.69) is 16.9 Å². The molecule has 2 aliphatic rings. The van der Waals surface area contributed by atoms with Crippen LogP contribution in [0.25, 0.3) is 0 Å². The Kier molecular flexibility index (Phi) is 4.77. The van der Waals surface area contributed by atoms with Crippen molar-refractivity contribution in [1.29, 1.82) is 0 Å². The second kappa shape index (κ2) is 6.17. The number of ether oxygens (including phenoxy) is 1. The lowest BCUT2D eigenvalue weighted by molar-refractivity contribution is -0.166. The number of alkyl halides is 2. The normalized spacial score (nSPS) is 40.3. The minimum atomic E-state index is -2.59. The molecular formula is C11H16F2N2O3S. The van der Waals surface area contributed by atoms with Gasteiger partial charge in [0.1, 0.15) is 17.6 Å². The fourth-order valence-corrected chi connectivity index (χ4v) is 3.22. The topological polar surface area (TPSA) is 74.1 Å². The molecule has 0 spiro atoms. The van der Waals surface area contributed by atoms with Crippen LogP contribution in [0.3, 0.4) is 0 Å². The summed E-state index contributed by atoms with van der Waals surface area (Å²) in [5.74, 6) is 0. The van der Waals surface area contributed by atoms with E-state index in [-0.39, 0.29) is 0 Å². The van der Waals surface area contributed by atoms with Crippen LogP contribution in [0.15, 0.2) is 17.6 Å². The molecule has 2 fully saturated rings. The number of fused-ring (bicyclic) bond motifs is 1. The van der Waals surface area contributed by atoms with E-state index in [1.54, 1.807) is 6.08 Å². The highest BCUT2D eigenvalue weighted by Gasteiger charge is 2.49. The van der Waals surface area contributed by atoms with Crippen LogP contribution in [0.5, 0.6) is 0 Å². The predicted molar refractivity (Wildman–Crippen MR) is 68.3 cm³/mol. The zero-order valence-corrected chi connectivity index (χ0v) is 10.9. The molecule has 0 unspecified atom stereocenters. The third-order valence-electron chi connectivity index (χ3n) is 2.99. The van der Waals surface area contributed by atoms with Crippen LogP contribution in [-0.4, -0.2) is 58.1 Å². The van der Waals surface area contributed by atoms with E-state index in [0.29, 0.717) is 11.7 Å². The number of thioether (sulfide) groups is 1. The zero-order valence-electron chi connectivity index (χ0n) is 10.1. The van der Waals surface area contributed by atoms with Crippen LogP contribution in [0, 0.1) is 0 Å². The molecule has 0 aromatic heterocycles. The van der Waals surface area contributed by atoms with E-state index in [4.69, 9.17) is 4.74 Å². The summed E-state index contributed by atoms with van der Waals surface area (Å²) in [6.07, 6.45) is -5.13. The number of aliphatic hydroxyl groups is 2. The lowest BCUT2D eigenvalue weighted by Gasteiger charge is -2.38. The molecule has 0 aromatic carbocycles. The van der Waals surface area contributed by atoms with Gasteiger partial charge in [0.15, 0.2) is 5.17 Å². The number of amidine groups is 1. The van der Waals surface area contributed by atoms with Gasteiger partial charge in [-0.2, -0.15) is 0 Å². The molecule has 0 aliphatic carbocycles. The van der Waals surface area contributed by atoms with Crippen molar-refractivity contribution < 1.29 is 23.7 Å². The molecule has 8 heteroatoms. The number of nitrogens with zero attached hydrogens (tertiary/aromatic N) is 1. The van der Waals surface area contributed by atoms with E-state index in [1.165, 1.54) is 11.8 Å². The molecular weight excluding hydrogens is 278 g/mol. The quantitative estimate of drug-likeness (QED) is 0.652.